The summed E-state index contributed by atoms with van der Waals surface area (Å²) in [5, 5.41) is 7.88. The van der Waals surface area contributed by atoms with Crippen LogP contribution in [0.1, 0.15) is 48.9 Å². The molecule has 1 unspecified atom stereocenters. The average molecular weight is 301 g/mol. The lowest BCUT2D eigenvalue weighted by molar-refractivity contribution is 0.0518. The Hall–Kier alpha value is -1.44. The van der Waals surface area contributed by atoms with Crippen molar-refractivity contribution in [2.75, 3.05) is 18.1 Å². The summed E-state index contributed by atoms with van der Waals surface area (Å²) >= 11 is 0. The molecule has 1 saturated heterocycles. The van der Waals surface area contributed by atoms with Crippen LogP contribution in [0.25, 0.3) is 0 Å². The number of ether oxygens (including phenoxy) is 1. The van der Waals surface area contributed by atoms with E-state index < -0.39 is 15.8 Å². The molecule has 1 aliphatic rings. The largest absolute Gasteiger partial charge is 0.461 e. The van der Waals surface area contributed by atoms with Crippen LogP contribution in [0.4, 0.5) is 0 Å². The molecule has 0 spiro atoms. The second-order valence-electron chi connectivity index (χ2n) is 4.86. The van der Waals surface area contributed by atoms with Crippen LogP contribution < -0.4 is 0 Å². The summed E-state index contributed by atoms with van der Waals surface area (Å²) in [4.78, 5) is 11.8. The molecule has 0 radical (unpaired) electrons. The number of hydrogen-bond donors (Lipinski definition) is 0. The summed E-state index contributed by atoms with van der Waals surface area (Å²) < 4.78 is 29.7. The molecule has 0 saturated carbocycles. The van der Waals surface area contributed by atoms with Crippen molar-refractivity contribution in [3.05, 3.63) is 11.4 Å². The van der Waals surface area contributed by atoms with Gasteiger partial charge in [0.05, 0.1) is 29.8 Å². The van der Waals surface area contributed by atoms with Gasteiger partial charge in [-0.05, 0) is 19.8 Å². The second kappa shape index (κ2) is 5.90. The number of esters is 1. The average Bonchev–Trinajstić information content (AvgIpc) is 2.93. The van der Waals surface area contributed by atoms with Crippen molar-refractivity contribution < 1.29 is 17.9 Å². The Balaban J connectivity index is 2.32. The van der Waals surface area contributed by atoms with Crippen molar-refractivity contribution in [1.82, 2.24) is 15.0 Å². The summed E-state index contributed by atoms with van der Waals surface area (Å²) in [5.41, 5.74) is 0.881. The number of carbonyl (C=O) groups is 1. The minimum absolute atomic E-state index is 0.0648. The lowest BCUT2D eigenvalue weighted by Crippen LogP contribution is -2.17. The van der Waals surface area contributed by atoms with Gasteiger partial charge in [0.15, 0.2) is 15.5 Å². The van der Waals surface area contributed by atoms with Crippen molar-refractivity contribution >= 4 is 15.8 Å². The molecule has 0 aromatic carbocycles. The van der Waals surface area contributed by atoms with E-state index in [0.29, 0.717) is 18.5 Å². The Bertz CT molecular complexity index is 594. The Morgan fingerprint density at radius 3 is 2.75 bits per heavy atom. The van der Waals surface area contributed by atoms with Crippen LogP contribution in [0.2, 0.25) is 0 Å². The van der Waals surface area contributed by atoms with Gasteiger partial charge < -0.3 is 4.74 Å². The standard InChI is InChI=1S/C12H19N3O4S/c1-3-5-10-11(12(16)19-4-2)13-14-15(10)9-6-7-20(17,18)8-9/h9H,3-8H2,1-2H3. The Morgan fingerprint density at radius 2 is 2.20 bits per heavy atom. The van der Waals surface area contributed by atoms with Crippen LogP contribution in [0.15, 0.2) is 0 Å². The molecule has 0 N–H and O–H groups in total. The molecule has 20 heavy (non-hydrogen) atoms. The van der Waals surface area contributed by atoms with E-state index in [4.69, 9.17) is 4.74 Å². The molecule has 0 bridgehead atoms. The fourth-order valence-electron chi connectivity index (χ4n) is 2.40. The van der Waals surface area contributed by atoms with Crippen LogP contribution in [0.3, 0.4) is 0 Å². The van der Waals surface area contributed by atoms with E-state index in [1.807, 2.05) is 6.92 Å². The summed E-state index contributed by atoms with van der Waals surface area (Å²) in [6.07, 6.45) is 1.96. The van der Waals surface area contributed by atoms with Gasteiger partial charge in [-0.2, -0.15) is 0 Å². The Morgan fingerprint density at radius 1 is 1.45 bits per heavy atom. The molecule has 1 aliphatic heterocycles. The highest BCUT2D eigenvalue weighted by atomic mass is 32.2. The maximum Gasteiger partial charge on any atom is 0.360 e. The molecule has 0 aliphatic carbocycles. The van der Waals surface area contributed by atoms with Gasteiger partial charge in [-0.3, -0.25) is 0 Å². The third kappa shape index (κ3) is 3.00. The zero-order valence-corrected chi connectivity index (χ0v) is 12.5. The van der Waals surface area contributed by atoms with E-state index in [9.17, 15) is 13.2 Å². The van der Waals surface area contributed by atoms with Gasteiger partial charge in [0.2, 0.25) is 0 Å². The number of rotatable bonds is 5. The highest BCUT2D eigenvalue weighted by Gasteiger charge is 2.33. The maximum atomic E-state index is 11.8. The van der Waals surface area contributed by atoms with Crippen molar-refractivity contribution in [1.29, 1.82) is 0 Å². The summed E-state index contributed by atoms with van der Waals surface area (Å²) in [7, 11) is -3.00. The lowest BCUT2D eigenvalue weighted by atomic mass is 10.2. The molecular formula is C12H19N3O4S. The van der Waals surface area contributed by atoms with Gasteiger partial charge >= 0.3 is 5.97 Å². The lowest BCUT2D eigenvalue weighted by Gasteiger charge is -2.12. The number of carbonyl (C=O) groups excluding carboxylic acids is 1. The van der Waals surface area contributed by atoms with Crippen LogP contribution in [0, 0.1) is 0 Å². The van der Waals surface area contributed by atoms with E-state index in [1.165, 1.54) is 0 Å². The molecule has 7 nitrogen and oxygen atoms in total. The quantitative estimate of drug-likeness (QED) is 0.746. The molecule has 1 aromatic heterocycles. The van der Waals surface area contributed by atoms with Gasteiger partial charge in [-0.25, -0.2) is 17.9 Å². The predicted molar refractivity (Wildman–Crippen MR) is 72.3 cm³/mol. The second-order valence-corrected chi connectivity index (χ2v) is 7.09. The van der Waals surface area contributed by atoms with Gasteiger partial charge in [0.25, 0.3) is 0 Å². The molecule has 0 amide bonds. The highest BCUT2D eigenvalue weighted by Crippen LogP contribution is 2.25. The topological polar surface area (TPSA) is 91.2 Å². The van der Waals surface area contributed by atoms with Crippen LogP contribution in [0.5, 0.6) is 0 Å². The summed E-state index contributed by atoms with van der Waals surface area (Å²) in [5.74, 6) is -0.268. The van der Waals surface area contributed by atoms with E-state index in [0.717, 1.165) is 6.42 Å². The van der Waals surface area contributed by atoms with Crippen molar-refractivity contribution in [2.45, 2.75) is 39.2 Å². The SMILES string of the molecule is CCCc1c(C(=O)OCC)nnn1C1CCS(=O)(=O)C1. The Kier molecular flexibility index (Phi) is 4.42. The highest BCUT2D eigenvalue weighted by molar-refractivity contribution is 7.91. The van der Waals surface area contributed by atoms with Crippen molar-refractivity contribution in [3.63, 3.8) is 0 Å². The van der Waals surface area contributed by atoms with Gasteiger partial charge in [-0.15, -0.1) is 5.10 Å². The van der Waals surface area contributed by atoms with E-state index in [2.05, 4.69) is 10.3 Å². The first-order valence-electron chi connectivity index (χ1n) is 6.80. The zero-order valence-electron chi connectivity index (χ0n) is 11.7. The van der Waals surface area contributed by atoms with E-state index in [1.54, 1.807) is 11.6 Å². The van der Waals surface area contributed by atoms with Crippen LogP contribution in [-0.2, 0) is 21.0 Å². The minimum Gasteiger partial charge on any atom is -0.461 e. The first-order valence-corrected chi connectivity index (χ1v) is 8.62. The minimum atomic E-state index is -3.00. The van der Waals surface area contributed by atoms with Gasteiger partial charge in [0.1, 0.15) is 0 Å². The zero-order chi connectivity index (χ0) is 14.8. The molecule has 1 fully saturated rings. The monoisotopic (exact) mass is 301 g/mol. The first-order chi connectivity index (χ1) is 9.48. The molecule has 1 aromatic rings. The van der Waals surface area contributed by atoms with Crippen LogP contribution >= 0.6 is 0 Å². The number of aromatic nitrogens is 3. The summed E-state index contributed by atoms with van der Waals surface area (Å²) in [6.45, 7) is 3.98. The fraction of sp³-hybridized carbons (Fsp3) is 0.750. The van der Waals surface area contributed by atoms with Gasteiger partial charge in [0, 0.05) is 0 Å². The number of sulfone groups is 1. The molecule has 8 heteroatoms. The fourth-order valence-corrected chi connectivity index (χ4v) is 4.09. The molecule has 112 valence electrons. The normalized spacial score (nSPS) is 21.0. The predicted octanol–water partition coefficient (Wildman–Crippen LogP) is 0.767. The molecular weight excluding hydrogens is 282 g/mol. The van der Waals surface area contributed by atoms with Crippen molar-refractivity contribution in [3.8, 4) is 0 Å². The molecule has 1 atom stereocenters. The third-order valence-electron chi connectivity index (χ3n) is 3.30. The first kappa shape index (κ1) is 15.0. The van der Waals surface area contributed by atoms with E-state index in [-0.39, 0.29) is 29.8 Å². The van der Waals surface area contributed by atoms with Gasteiger partial charge in [-0.1, -0.05) is 18.6 Å². The Labute approximate surface area is 118 Å². The number of nitrogens with zero attached hydrogens (tertiary/aromatic N) is 3. The smallest absolute Gasteiger partial charge is 0.360 e. The van der Waals surface area contributed by atoms with E-state index >= 15 is 0 Å². The van der Waals surface area contributed by atoms with Crippen LogP contribution in [-0.4, -0.2) is 47.5 Å². The molecule has 2 rings (SSSR count). The summed E-state index contributed by atoms with van der Waals surface area (Å²) in [6, 6.07) is -0.225. The number of hydrogen-bond acceptors (Lipinski definition) is 6. The maximum absolute atomic E-state index is 11.8. The van der Waals surface area contributed by atoms with Crippen molar-refractivity contribution in [2.24, 2.45) is 0 Å². The third-order valence-corrected chi connectivity index (χ3v) is 5.05. The molecule has 2 heterocycles.